The Morgan fingerprint density at radius 2 is 1.62 bits per heavy atom. The molecule has 0 saturated heterocycles. The van der Waals surface area contributed by atoms with Crippen LogP contribution in [0.25, 0.3) is 0 Å². The Hall–Kier alpha value is 0.0969. The molecule has 0 aromatic rings. The Kier molecular flexibility index (Phi) is 4.98. The third-order valence-electron chi connectivity index (χ3n) is 3.69. The molecule has 96 valence electrons. The molecule has 0 atom stereocenters. The van der Waals surface area contributed by atoms with E-state index < -0.39 is 8.80 Å². The maximum Gasteiger partial charge on any atom is 0.504 e. The van der Waals surface area contributed by atoms with Gasteiger partial charge in [-0.15, -0.1) is 0 Å². The van der Waals surface area contributed by atoms with Crippen LogP contribution >= 0.6 is 0 Å². The van der Waals surface area contributed by atoms with Gasteiger partial charge in [0, 0.05) is 19.8 Å². The molecule has 0 heterocycles. The van der Waals surface area contributed by atoms with E-state index in [2.05, 4.69) is 20.8 Å². The molecule has 1 rings (SSSR count). The highest BCUT2D eigenvalue weighted by Crippen LogP contribution is 2.41. The molecule has 0 radical (unpaired) electrons. The fourth-order valence-corrected chi connectivity index (χ4v) is 5.52. The summed E-state index contributed by atoms with van der Waals surface area (Å²) in [5.41, 5.74) is 0.342. The predicted octanol–water partition coefficient (Wildman–Crippen LogP) is 3.37. The number of rotatable bonds is 6. The zero-order chi connectivity index (χ0) is 12.2. The van der Waals surface area contributed by atoms with Crippen molar-refractivity contribution in [3.8, 4) is 0 Å². The van der Waals surface area contributed by atoms with Crippen LogP contribution in [0.1, 0.15) is 52.9 Å². The molecule has 0 N–H and O–H groups in total. The van der Waals surface area contributed by atoms with Crippen LogP contribution in [0, 0.1) is 0 Å². The fraction of sp³-hybridized carbons (Fsp3) is 1.00. The van der Waals surface area contributed by atoms with E-state index in [0.717, 1.165) is 6.42 Å². The van der Waals surface area contributed by atoms with E-state index in [1.54, 1.807) is 14.2 Å². The highest BCUT2D eigenvalue weighted by molar-refractivity contribution is 6.62. The van der Waals surface area contributed by atoms with Crippen LogP contribution in [0.3, 0.4) is 0 Å². The van der Waals surface area contributed by atoms with Crippen molar-refractivity contribution < 1.29 is 13.3 Å². The van der Waals surface area contributed by atoms with Gasteiger partial charge in [0.2, 0.25) is 0 Å². The first-order chi connectivity index (χ1) is 7.49. The van der Waals surface area contributed by atoms with Crippen molar-refractivity contribution in [3.05, 3.63) is 0 Å². The molecule has 0 aromatic carbocycles. The van der Waals surface area contributed by atoms with Gasteiger partial charge in [-0.2, -0.15) is 0 Å². The van der Waals surface area contributed by atoms with Gasteiger partial charge in [-0.1, -0.05) is 19.8 Å². The van der Waals surface area contributed by atoms with Gasteiger partial charge in [0.05, 0.1) is 5.60 Å². The summed E-state index contributed by atoms with van der Waals surface area (Å²) in [4.78, 5) is 0. The lowest BCUT2D eigenvalue weighted by Gasteiger charge is -2.38. The Balaban J connectivity index is 2.78. The summed E-state index contributed by atoms with van der Waals surface area (Å²) in [6.07, 6.45) is 5.91. The van der Waals surface area contributed by atoms with E-state index in [4.69, 9.17) is 13.3 Å². The standard InChI is InChI=1S/C12H26O3Si/c1-6-12(2,3)15-16(13-4,14-5)11-9-7-8-10-11/h11H,6-10H2,1-5H3. The maximum atomic E-state index is 6.25. The van der Waals surface area contributed by atoms with Crippen molar-refractivity contribution in [1.29, 1.82) is 0 Å². The lowest BCUT2D eigenvalue weighted by molar-refractivity contribution is -0.00349. The monoisotopic (exact) mass is 246 g/mol. The van der Waals surface area contributed by atoms with E-state index >= 15 is 0 Å². The summed E-state index contributed by atoms with van der Waals surface area (Å²) >= 11 is 0. The number of hydrogen-bond donors (Lipinski definition) is 0. The highest BCUT2D eigenvalue weighted by Gasteiger charge is 2.51. The predicted molar refractivity (Wildman–Crippen MR) is 67.4 cm³/mol. The van der Waals surface area contributed by atoms with E-state index in [1.807, 2.05) is 0 Å². The van der Waals surface area contributed by atoms with Gasteiger partial charge in [-0.05, 0) is 33.1 Å². The molecule has 0 unspecified atom stereocenters. The molecule has 1 fully saturated rings. The maximum absolute atomic E-state index is 6.25. The van der Waals surface area contributed by atoms with E-state index in [1.165, 1.54) is 25.7 Å². The van der Waals surface area contributed by atoms with E-state index in [0.29, 0.717) is 5.54 Å². The van der Waals surface area contributed by atoms with Gasteiger partial charge in [0.15, 0.2) is 0 Å². The van der Waals surface area contributed by atoms with Crippen LogP contribution < -0.4 is 0 Å². The van der Waals surface area contributed by atoms with E-state index in [9.17, 15) is 0 Å². The van der Waals surface area contributed by atoms with Crippen molar-refractivity contribution >= 4 is 8.80 Å². The summed E-state index contributed by atoms with van der Waals surface area (Å²) < 4.78 is 17.7. The zero-order valence-electron chi connectivity index (χ0n) is 11.3. The molecule has 1 aliphatic rings. The molecule has 4 heteroatoms. The van der Waals surface area contributed by atoms with Crippen LogP contribution in [0.2, 0.25) is 5.54 Å². The van der Waals surface area contributed by atoms with Gasteiger partial charge >= 0.3 is 8.80 Å². The quantitative estimate of drug-likeness (QED) is 0.673. The molecular weight excluding hydrogens is 220 g/mol. The summed E-state index contributed by atoms with van der Waals surface area (Å²) in [6, 6.07) is 0. The molecule has 1 saturated carbocycles. The lowest BCUT2D eigenvalue weighted by Crippen LogP contribution is -2.52. The van der Waals surface area contributed by atoms with Crippen molar-refractivity contribution in [2.75, 3.05) is 14.2 Å². The molecule has 0 bridgehead atoms. The molecule has 0 aliphatic heterocycles. The molecule has 0 aromatic heterocycles. The van der Waals surface area contributed by atoms with Gasteiger partial charge < -0.3 is 13.3 Å². The topological polar surface area (TPSA) is 27.7 Å². The molecule has 16 heavy (non-hydrogen) atoms. The smallest absolute Gasteiger partial charge is 0.377 e. The summed E-state index contributed by atoms with van der Waals surface area (Å²) in [6.45, 7) is 6.36. The second kappa shape index (κ2) is 5.62. The molecule has 0 amide bonds. The minimum atomic E-state index is -2.47. The normalized spacial score (nSPS) is 19.3. The molecule has 0 spiro atoms. The Morgan fingerprint density at radius 1 is 1.12 bits per heavy atom. The first-order valence-corrected chi connectivity index (χ1v) is 8.10. The van der Waals surface area contributed by atoms with Gasteiger partial charge in [0.25, 0.3) is 0 Å². The van der Waals surface area contributed by atoms with Crippen molar-refractivity contribution in [1.82, 2.24) is 0 Å². The average Bonchev–Trinajstić information content (AvgIpc) is 2.80. The minimum absolute atomic E-state index is 0.152. The van der Waals surface area contributed by atoms with Gasteiger partial charge in [-0.25, -0.2) is 0 Å². The third-order valence-corrected chi connectivity index (χ3v) is 7.25. The molecule has 3 nitrogen and oxygen atoms in total. The first kappa shape index (κ1) is 14.2. The van der Waals surface area contributed by atoms with Crippen molar-refractivity contribution in [2.24, 2.45) is 0 Å². The lowest BCUT2D eigenvalue weighted by atomic mass is 10.1. The molecule has 1 aliphatic carbocycles. The Bertz CT molecular complexity index is 208. The zero-order valence-corrected chi connectivity index (χ0v) is 12.3. The summed E-state index contributed by atoms with van der Waals surface area (Å²) in [7, 11) is 1.01. The Morgan fingerprint density at radius 3 is 2.00 bits per heavy atom. The van der Waals surface area contributed by atoms with Crippen molar-refractivity contribution in [3.63, 3.8) is 0 Å². The van der Waals surface area contributed by atoms with Gasteiger partial charge in [0.1, 0.15) is 0 Å². The second-order valence-electron chi connectivity index (χ2n) is 5.21. The summed E-state index contributed by atoms with van der Waals surface area (Å²) in [5.74, 6) is 0. The average molecular weight is 246 g/mol. The minimum Gasteiger partial charge on any atom is -0.377 e. The number of hydrogen-bond acceptors (Lipinski definition) is 3. The van der Waals surface area contributed by atoms with Crippen LogP contribution in [0.4, 0.5) is 0 Å². The molecular formula is C12H26O3Si. The van der Waals surface area contributed by atoms with Crippen molar-refractivity contribution in [2.45, 2.75) is 64.0 Å². The second-order valence-corrected chi connectivity index (χ2v) is 8.25. The largest absolute Gasteiger partial charge is 0.504 e. The third kappa shape index (κ3) is 3.06. The highest BCUT2D eigenvalue weighted by atomic mass is 28.4. The fourth-order valence-electron chi connectivity index (χ4n) is 2.32. The summed E-state index contributed by atoms with van der Waals surface area (Å²) in [5, 5.41) is 0. The van der Waals surface area contributed by atoms with Crippen LogP contribution in [0.15, 0.2) is 0 Å². The van der Waals surface area contributed by atoms with Crippen LogP contribution in [-0.2, 0) is 13.3 Å². The first-order valence-electron chi connectivity index (χ1n) is 6.30. The van der Waals surface area contributed by atoms with Crippen LogP contribution in [-0.4, -0.2) is 28.6 Å². The SMILES string of the molecule is CCC(C)(C)O[Si](OC)(OC)C1CCCC1. The Labute approximate surface area is 101 Å². The van der Waals surface area contributed by atoms with E-state index in [-0.39, 0.29) is 5.60 Å². The van der Waals surface area contributed by atoms with Crippen LogP contribution in [0.5, 0.6) is 0 Å². The van der Waals surface area contributed by atoms with Gasteiger partial charge in [-0.3, -0.25) is 0 Å².